The minimum absolute atomic E-state index is 0.430. The summed E-state index contributed by atoms with van der Waals surface area (Å²) in [5.41, 5.74) is 5.05. The van der Waals surface area contributed by atoms with Crippen molar-refractivity contribution in [2.24, 2.45) is 7.05 Å². The highest BCUT2D eigenvalue weighted by Gasteiger charge is 2.31. The molecule has 0 aliphatic carbocycles. The van der Waals surface area contributed by atoms with Crippen molar-refractivity contribution in [3.63, 3.8) is 0 Å². The molecule has 22 heavy (non-hydrogen) atoms. The van der Waals surface area contributed by atoms with E-state index in [0.717, 1.165) is 11.5 Å². The van der Waals surface area contributed by atoms with Crippen LogP contribution in [0.3, 0.4) is 0 Å². The number of rotatable bonds is 1. The van der Waals surface area contributed by atoms with Gasteiger partial charge in [-0.15, -0.1) is 0 Å². The molecule has 2 heteroatoms. The topological polar surface area (TPSA) is 13.1 Å². The van der Waals surface area contributed by atoms with Gasteiger partial charge < -0.3 is 4.74 Å². The Hall–Kier alpha value is -2.35. The lowest BCUT2D eigenvalue weighted by Gasteiger charge is -2.23. The van der Waals surface area contributed by atoms with Crippen LogP contribution in [0.15, 0.2) is 42.6 Å². The normalized spacial score (nSPS) is 12.4. The van der Waals surface area contributed by atoms with E-state index in [4.69, 9.17) is 4.74 Å². The van der Waals surface area contributed by atoms with Crippen molar-refractivity contribution in [1.82, 2.24) is 0 Å². The van der Waals surface area contributed by atoms with Crippen LogP contribution in [-0.4, -0.2) is 0 Å². The SMILES string of the molecule is Cc1ccc2cccc3c2c1-c1c(c(C(C)C)cc[n+]1C)O3. The van der Waals surface area contributed by atoms with Gasteiger partial charge >= 0.3 is 0 Å². The fourth-order valence-corrected chi connectivity index (χ4v) is 3.44. The van der Waals surface area contributed by atoms with Crippen molar-refractivity contribution in [3.05, 3.63) is 53.7 Å². The first-order valence-electron chi connectivity index (χ1n) is 7.81. The molecule has 0 bridgehead atoms. The van der Waals surface area contributed by atoms with Gasteiger partial charge in [-0.25, -0.2) is 0 Å². The highest BCUT2D eigenvalue weighted by molar-refractivity contribution is 6.04. The van der Waals surface area contributed by atoms with Crippen LogP contribution in [0.4, 0.5) is 0 Å². The average Bonchev–Trinajstić information content (AvgIpc) is 2.50. The van der Waals surface area contributed by atoms with Crippen LogP contribution in [0, 0.1) is 6.92 Å². The predicted octanol–water partition coefficient (Wildman–Crippen LogP) is 4.87. The van der Waals surface area contributed by atoms with Gasteiger partial charge in [-0.3, -0.25) is 0 Å². The van der Waals surface area contributed by atoms with Crippen molar-refractivity contribution >= 4 is 10.8 Å². The van der Waals surface area contributed by atoms with Crippen LogP contribution in [-0.2, 0) is 7.05 Å². The van der Waals surface area contributed by atoms with Crippen molar-refractivity contribution in [3.8, 4) is 22.8 Å². The van der Waals surface area contributed by atoms with Crippen LogP contribution in [0.5, 0.6) is 11.5 Å². The van der Waals surface area contributed by atoms with Gasteiger partial charge in [0.15, 0.2) is 6.20 Å². The van der Waals surface area contributed by atoms with E-state index in [1.54, 1.807) is 0 Å². The lowest BCUT2D eigenvalue weighted by molar-refractivity contribution is -0.660. The summed E-state index contributed by atoms with van der Waals surface area (Å²) in [6, 6.07) is 12.9. The van der Waals surface area contributed by atoms with Crippen LogP contribution in [0.2, 0.25) is 0 Å². The molecule has 0 saturated heterocycles. The maximum Gasteiger partial charge on any atom is 0.256 e. The van der Waals surface area contributed by atoms with E-state index in [1.807, 2.05) is 0 Å². The monoisotopic (exact) mass is 290 g/mol. The molecule has 110 valence electrons. The second-order valence-corrected chi connectivity index (χ2v) is 6.43. The van der Waals surface area contributed by atoms with Crippen LogP contribution in [0.1, 0.15) is 30.9 Å². The summed E-state index contributed by atoms with van der Waals surface area (Å²) < 4.78 is 8.54. The Morgan fingerprint density at radius 2 is 1.86 bits per heavy atom. The maximum atomic E-state index is 6.36. The van der Waals surface area contributed by atoms with Crippen molar-refractivity contribution in [1.29, 1.82) is 0 Å². The van der Waals surface area contributed by atoms with Gasteiger partial charge in [0, 0.05) is 17.0 Å². The van der Waals surface area contributed by atoms with Gasteiger partial charge in [-0.2, -0.15) is 4.57 Å². The summed E-state index contributed by atoms with van der Waals surface area (Å²) in [6.45, 7) is 6.61. The second kappa shape index (κ2) is 4.57. The number of hydrogen-bond acceptors (Lipinski definition) is 1. The fraction of sp³-hybridized carbons (Fsp3) is 0.250. The van der Waals surface area contributed by atoms with Crippen LogP contribution >= 0.6 is 0 Å². The Balaban J connectivity index is 2.20. The summed E-state index contributed by atoms with van der Waals surface area (Å²) in [5, 5.41) is 2.46. The zero-order chi connectivity index (χ0) is 15.4. The molecule has 0 amide bonds. The molecule has 0 atom stereocenters. The smallest absolute Gasteiger partial charge is 0.256 e. The molecular weight excluding hydrogens is 270 g/mol. The van der Waals surface area contributed by atoms with E-state index >= 15 is 0 Å². The summed E-state index contributed by atoms with van der Waals surface area (Å²) in [4.78, 5) is 0. The van der Waals surface area contributed by atoms with Gasteiger partial charge in [-0.1, -0.05) is 38.1 Å². The molecule has 2 nitrogen and oxygen atoms in total. The molecule has 2 aromatic carbocycles. The molecular formula is C20H20NO+. The first-order chi connectivity index (χ1) is 10.6. The Morgan fingerprint density at radius 1 is 1.05 bits per heavy atom. The standard InChI is InChI=1S/C20H20NO/c1-12(2)15-10-11-21(4)19-17-13(3)8-9-14-6-5-7-16(18(14)17)22-20(15)19/h5-12H,1-4H3/q+1. The summed E-state index contributed by atoms with van der Waals surface area (Å²) in [7, 11) is 2.10. The fourth-order valence-electron chi connectivity index (χ4n) is 3.44. The third-order valence-corrected chi connectivity index (χ3v) is 4.59. The lowest BCUT2D eigenvalue weighted by Crippen LogP contribution is -2.32. The molecule has 1 aromatic heterocycles. The number of aryl methyl sites for hydroxylation is 2. The number of benzene rings is 2. The molecule has 0 spiro atoms. The number of ether oxygens (including phenoxy) is 1. The summed E-state index contributed by atoms with van der Waals surface area (Å²) in [6.07, 6.45) is 2.14. The van der Waals surface area contributed by atoms with Crippen LogP contribution in [0.25, 0.3) is 22.0 Å². The van der Waals surface area contributed by atoms with Gasteiger partial charge in [0.05, 0.1) is 5.56 Å². The van der Waals surface area contributed by atoms with Crippen LogP contribution < -0.4 is 9.30 Å². The van der Waals surface area contributed by atoms with Gasteiger partial charge in [0.1, 0.15) is 12.8 Å². The van der Waals surface area contributed by atoms with E-state index in [9.17, 15) is 0 Å². The van der Waals surface area contributed by atoms with E-state index in [0.29, 0.717) is 5.92 Å². The molecule has 0 fully saturated rings. The van der Waals surface area contributed by atoms with E-state index in [1.165, 1.54) is 33.2 Å². The zero-order valence-electron chi connectivity index (χ0n) is 13.5. The Morgan fingerprint density at radius 3 is 2.64 bits per heavy atom. The highest BCUT2D eigenvalue weighted by atomic mass is 16.5. The zero-order valence-corrected chi connectivity index (χ0v) is 13.5. The molecule has 0 N–H and O–H groups in total. The molecule has 0 unspecified atom stereocenters. The number of fused-ring (bicyclic) bond motifs is 2. The first-order valence-corrected chi connectivity index (χ1v) is 7.81. The average molecular weight is 290 g/mol. The molecule has 1 aliphatic rings. The molecule has 1 aliphatic heterocycles. The van der Waals surface area contributed by atoms with E-state index in [-0.39, 0.29) is 0 Å². The molecule has 0 radical (unpaired) electrons. The molecule has 0 saturated carbocycles. The third kappa shape index (κ3) is 1.70. The molecule has 3 aromatic rings. The summed E-state index contributed by atoms with van der Waals surface area (Å²) >= 11 is 0. The molecule has 2 heterocycles. The molecule has 4 rings (SSSR count). The number of hydrogen-bond donors (Lipinski definition) is 0. The third-order valence-electron chi connectivity index (χ3n) is 4.59. The van der Waals surface area contributed by atoms with Crippen molar-refractivity contribution < 1.29 is 9.30 Å². The Labute approximate surface area is 131 Å². The number of aromatic nitrogens is 1. The number of pyridine rings is 1. The van der Waals surface area contributed by atoms with Gasteiger partial charge in [-0.05, 0) is 29.9 Å². The van der Waals surface area contributed by atoms with Gasteiger partial charge in [0.25, 0.3) is 5.69 Å². The minimum Gasteiger partial charge on any atom is -0.449 e. The lowest BCUT2D eigenvalue weighted by atomic mass is 9.91. The second-order valence-electron chi connectivity index (χ2n) is 6.43. The Kier molecular flexibility index (Phi) is 2.77. The van der Waals surface area contributed by atoms with Gasteiger partial charge in [0.2, 0.25) is 5.75 Å². The van der Waals surface area contributed by atoms with Crippen molar-refractivity contribution in [2.45, 2.75) is 26.7 Å². The maximum absolute atomic E-state index is 6.36. The first kappa shape index (κ1) is 13.3. The number of nitrogens with zero attached hydrogens (tertiary/aromatic N) is 1. The highest BCUT2D eigenvalue weighted by Crippen LogP contribution is 2.48. The predicted molar refractivity (Wildman–Crippen MR) is 89.5 cm³/mol. The van der Waals surface area contributed by atoms with E-state index < -0.39 is 0 Å². The largest absolute Gasteiger partial charge is 0.449 e. The minimum atomic E-state index is 0.430. The Bertz CT molecular complexity index is 909. The van der Waals surface area contributed by atoms with E-state index in [2.05, 4.69) is 75.0 Å². The van der Waals surface area contributed by atoms with Crippen molar-refractivity contribution in [2.75, 3.05) is 0 Å². The summed E-state index contributed by atoms with van der Waals surface area (Å²) in [5.74, 6) is 2.41. The quantitative estimate of drug-likeness (QED) is 0.456.